The molecular weight excluding hydrogens is 228 g/mol. The van der Waals surface area contributed by atoms with E-state index in [9.17, 15) is 0 Å². The van der Waals surface area contributed by atoms with Crippen molar-refractivity contribution in [2.45, 2.75) is 13.3 Å². The van der Waals surface area contributed by atoms with Gasteiger partial charge in [0.2, 0.25) is 0 Å². The molecule has 0 radical (unpaired) electrons. The van der Waals surface area contributed by atoms with Crippen LogP contribution in [0.2, 0.25) is 0 Å². The van der Waals surface area contributed by atoms with Gasteiger partial charge < -0.3 is 5.73 Å². The number of amidine groups is 1. The molecule has 0 amide bonds. The van der Waals surface area contributed by atoms with Gasteiger partial charge in [0.05, 0.1) is 0 Å². The first-order chi connectivity index (χ1) is 6.20. The van der Waals surface area contributed by atoms with E-state index in [2.05, 4.69) is 27.8 Å². The SMILES string of the molecule is CCc1c(Br)cccc1C(N)=NC. The van der Waals surface area contributed by atoms with Gasteiger partial charge in [0.15, 0.2) is 0 Å². The average Bonchev–Trinajstić information content (AvgIpc) is 2.16. The van der Waals surface area contributed by atoms with Gasteiger partial charge in [-0.25, -0.2) is 0 Å². The Labute approximate surface area is 87.0 Å². The van der Waals surface area contributed by atoms with Crippen LogP contribution in [0.1, 0.15) is 18.1 Å². The maximum absolute atomic E-state index is 5.77. The summed E-state index contributed by atoms with van der Waals surface area (Å²) in [5.41, 5.74) is 8.01. The van der Waals surface area contributed by atoms with Crippen LogP contribution in [0.4, 0.5) is 0 Å². The molecule has 0 aliphatic heterocycles. The molecule has 0 saturated heterocycles. The van der Waals surface area contributed by atoms with Crippen LogP contribution >= 0.6 is 15.9 Å². The molecule has 70 valence electrons. The van der Waals surface area contributed by atoms with E-state index < -0.39 is 0 Å². The molecule has 0 aliphatic carbocycles. The highest BCUT2D eigenvalue weighted by atomic mass is 79.9. The molecule has 0 aromatic heterocycles. The summed E-state index contributed by atoms with van der Waals surface area (Å²) < 4.78 is 1.10. The lowest BCUT2D eigenvalue weighted by Crippen LogP contribution is -2.15. The van der Waals surface area contributed by atoms with Crippen LogP contribution in [0.5, 0.6) is 0 Å². The predicted molar refractivity (Wildman–Crippen MR) is 60.2 cm³/mol. The Morgan fingerprint density at radius 3 is 2.77 bits per heavy atom. The van der Waals surface area contributed by atoms with Crippen molar-refractivity contribution in [1.82, 2.24) is 0 Å². The van der Waals surface area contributed by atoms with Gasteiger partial charge in [0, 0.05) is 17.1 Å². The van der Waals surface area contributed by atoms with Crippen molar-refractivity contribution in [2.75, 3.05) is 7.05 Å². The summed E-state index contributed by atoms with van der Waals surface area (Å²) in [6, 6.07) is 5.98. The number of hydrogen-bond donors (Lipinski definition) is 1. The maximum atomic E-state index is 5.77. The largest absolute Gasteiger partial charge is 0.384 e. The van der Waals surface area contributed by atoms with Crippen LogP contribution in [0.15, 0.2) is 27.7 Å². The van der Waals surface area contributed by atoms with Crippen LogP contribution in [-0.2, 0) is 6.42 Å². The molecule has 0 fully saturated rings. The Balaban J connectivity index is 3.28. The molecular formula is C10H13BrN2. The van der Waals surface area contributed by atoms with Gasteiger partial charge in [-0.1, -0.05) is 35.0 Å². The Kier molecular flexibility index (Phi) is 3.48. The first kappa shape index (κ1) is 10.3. The lowest BCUT2D eigenvalue weighted by Gasteiger charge is -2.08. The summed E-state index contributed by atoms with van der Waals surface area (Å²) in [5, 5.41) is 0. The highest BCUT2D eigenvalue weighted by Gasteiger charge is 2.06. The monoisotopic (exact) mass is 240 g/mol. The van der Waals surface area contributed by atoms with Crippen LogP contribution in [0.3, 0.4) is 0 Å². The van der Waals surface area contributed by atoms with Crippen molar-refractivity contribution < 1.29 is 0 Å². The number of benzene rings is 1. The number of nitrogens with zero attached hydrogens (tertiary/aromatic N) is 1. The van der Waals surface area contributed by atoms with Gasteiger partial charge in [-0.05, 0) is 18.1 Å². The second kappa shape index (κ2) is 4.42. The summed E-state index contributed by atoms with van der Waals surface area (Å²) in [7, 11) is 1.70. The van der Waals surface area contributed by atoms with E-state index in [4.69, 9.17) is 5.73 Å². The number of hydrogen-bond acceptors (Lipinski definition) is 1. The molecule has 0 atom stereocenters. The van der Waals surface area contributed by atoms with Crippen LogP contribution in [-0.4, -0.2) is 12.9 Å². The first-order valence-electron chi connectivity index (χ1n) is 4.20. The molecule has 2 nitrogen and oxygen atoms in total. The van der Waals surface area contributed by atoms with Crippen molar-refractivity contribution in [3.8, 4) is 0 Å². The molecule has 3 heteroatoms. The zero-order valence-electron chi connectivity index (χ0n) is 7.84. The van der Waals surface area contributed by atoms with Crippen molar-refractivity contribution >= 4 is 21.8 Å². The fourth-order valence-corrected chi connectivity index (χ4v) is 1.92. The molecule has 0 heterocycles. The van der Waals surface area contributed by atoms with Gasteiger partial charge >= 0.3 is 0 Å². The van der Waals surface area contributed by atoms with E-state index in [1.807, 2.05) is 18.2 Å². The summed E-state index contributed by atoms with van der Waals surface area (Å²) in [4.78, 5) is 3.98. The minimum absolute atomic E-state index is 0.596. The molecule has 2 N–H and O–H groups in total. The Morgan fingerprint density at radius 2 is 2.23 bits per heavy atom. The smallest absolute Gasteiger partial charge is 0.125 e. The van der Waals surface area contributed by atoms with E-state index in [1.54, 1.807) is 7.05 Å². The third kappa shape index (κ3) is 2.10. The number of nitrogens with two attached hydrogens (primary N) is 1. The van der Waals surface area contributed by atoms with Gasteiger partial charge in [0.25, 0.3) is 0 Å². The quantitative estimate of drug-likeness (QED) is 0.626. The van der Waals surface area contributed by atoms with Crippen molar-refractivity contribution in [1.29, 1.82) is 0 Å². The molecule has 0 spiro atoms. The van der Waals surface area contributed by atoms with Gasteiger partial charge in [-0.15, -0.1) is 0 Å². The minimum Gasteiger partial charge on any atom is -0.384 e. The minimum atomic E-state index is 0.596. The topological polar surface area (TPSA) is 38.4 Å². The van der Waals surface area contributed by atoms with E-state index in [1.165, 1.54) is 5.56 Å². The molecule has 1 rings (SSSR count). The molecule has 0 unspecified atom stereocenters. The molecule has 13 heavy (non-hydrogen) atoms. The van der Waals surface area contributed by atoms with Crippen LogP contribution < -0.4 is 5.73 Å². The summed E-state index contributed by atoms with van der Waals surface area (Å²) in [5.74, 6) is 0.596. The van der Waals surface area contributed by atoms with E-state index in [0.29, 0.717) is 5.84 Å². The molecule has 0 saturated carbocycles. The lowest BCUT2D eigenvalue weighted by molar-refractivity contribution is 1.12. The van der Waals surface area contributed by atoms with Gasteiger partial charge in [0.1, 0.15) is 5.84 Å². The normalized spacial score (nSPS) is 11.8. The summed E-state index contributed by atoms with van der Waals surface area (Å²) >= 11 is 3.49. The van der Waals surface area contributed by atoms with E-state index in [0.717, 1.165) is 16.5 Å². The number of aliphatic imine (C=N–C) groups is 1. The van der Waals surface area contributed by atoms with Gasteiger partial charge in [-0.3, -0.25) is 4.99 Å². The Hall–Kier alpha value is -0.830. The standard InChI is InChI=1S/C10H13BrN2/c1-3-7-8(10(12)13-2)5-4-6-9(7)11/h4-6H,3H2,1-2H3,(H2,12,13). The predicted octanol–water partition coefficient (Wildman–Crippen LogP) is 2.35. The molecule has 1 aromatic carbocycles. The van der Waals surface area contributed by atoms with Crippen molar-refractivity contribution in [2.24, 2.45) is 10.7 Å². The fraction of sp³-hybridized carbons (Fsp3) is 0.300. The molecule has 1 aromatic rings. The lowest BCUT2D eigenvalue weighted by atomic mass is 10.0. The summed E-state index contributed by atoms with van der Waals surface area (Å²) in [6.45, 7) is 2.10. The maximum Gasteiger partial charge on any atom is 0.125 e. The second-order valence-corrected chi connectivity index (χ2v) is 3.58. The zero-order valence-corrected chi connectivity index (χ0v) is 9.43. The van der Waals surface area contributed by atoms with E-state index >= 15 is 0 Å². The highest BCUT2D eigenvalue weighted by molar-refractivity contribution is 9.10. The number of rotatable bonds is 2. The molecule has 0 bridgehead atoms. The average molecular weight is 241 g/mol. The van der Waals surface area contributed by atoms with E-state index in [-0.39, 0.29) is 0 Å². The summed E-state index contributed by atoms with van der Waals surface area (Å²) in [6.07, 6.45) is 0.951. The van der Waals surface area contributed by atoms with Crippen molar-refractivity contribution in [3.05, 3.63) is 33.8 Å². The third-order valence-corrected chi connectivity index (χ3v) is 2.73. The Bertz CT molecular complexity index is 332. The first-order valence-corrected chi connectivity index (χ1v) is 5.00. The third-order valence-electron chi connectivity index (χ3n) is 1.99. The van der Waals surface area contributed by atoms with Crippen LogP contribution in [0, 0.1) is 0 Å². The second-order valence-electron chi connectivity index (χ2n) is 2.73. The van der Waals surface area contributed by atoms with Crippen LogP contribution in [0.25, 0.3) is 0 Å². The zero-order chi connectivity index (χ0) is 9.84. The fourth-order valence-electron chi connectivity index (χ4n) is 1.28. The van der Waals surface area contributed by atoms with Gasteiger partial charge in [-0.2, -0.15) is 0 Å². The molecule has 0 aliphatic rings. The van der Waals surface area contributed by atoms with Crippen molar-refractivity contribution in [3.63, 3.8) is 0 Å². The highest BCUT2D eigenvalue weighted by Crippen LogP contribution is 2.20. The Morgan fingerprint density at radius 1 is 1.54 bits per heavy atom. The number of halogens is 1.